The second-order valence-corrected chi connectivity index (χ2v) is 5.07. The quantitative estimate of drug-likeness (QED) is 0.777. The second kappa shape index (κ2) is 6.52. The SMILES string of the molecule is CC(C)Oc1ncccc1CNC(=O)CNC1CC1. The number of hydrogen-bond donors (Lipinski definition) is 2. The number of hydrogen-bond acceptors (Lipinski definition) is 4. The summed E-state index contributed by atoms with van der Waals surface area (Å²) in [6, 6.07) is 4.31. The first-order valence-electron chi connectivity index (χ1n) is 6.76. The van der Waals surface area contributed by atoms with Gasteiger partial charge in [-0.15, -0.1) is 0 Å². The number of nitrogens with one attached hydrogen (secondary N) is 2. The van der Waals surface area contributed by atoms with Crippen LogP contribution in [0.25, 0.3) is 0 Å². The van der Waals surface area contributed by atoms with Crippen LogP contribution >= 0.6 is 0 Å². The smallest absolute Gasteiger partial charge is 0.234 e. The number of rotatable bonds is 7. The fourth-order valence-corrected chi connectivity index (χ4v) is 1.67. The van der Waals surface area contributed by atoms with Crippen molar-refractivity contribution in [3.63, 3.8) is 0 Å². The Morgan fingerprint density at radius 3 is 3.00 bits per heavy atom. The predicted octanol–water partition coefficient (Wildman–Crippen LogP) is 1.24. The zero-order valence-electron chi connectivity index (χ0n) is 11.5. The molecule has 1 fully saturated rings. The summed E-state index contributed by atoms with van der Waals surface area (Å²) in [6.45, 7) is 4.74. The lowest BCUT2D eigenvalue weighted by Crippen LogP contribution is -2.34. The molecule has 0 aromatic carbocycles. The number of nitrogens with zero attached hydrogens (tertiary/aromatic N) is 1. The molecule has 0 saturated heterocycles. The van der Waals surface area contributed by atoms with Gasteiger partial charge in [-0.2, -0.15) is 0 Å². The standard InChI is InChI=1S/C14H21N3O2/c1-10(2)19-14-11(4-3-7-15-14)8-17-13(18)9-16-12-5-6-12/h3-4,7,10,12,16H,5-6,8-9H2,1-2H3,(H,17,18). The third kappa shape index (κ3) is 4.87. The van der Waals surface area contributed by atoms with E-state index in [4.69, 9.17) is 4.74 Å². The summed E-state index contributed by atoms with van der Waals surface area (Å²) in [5.41, 5.74) is 0.899. The number of carbonyl (C=O) groups is 1. The minimum atomic E-state index is 0.00579. The van der Waals surface area contributed by atoms with E-state index in [0.717, 1.165) is 5.56 Å². The lowest BCUT2D eigenvalue weighted by Gasteiger charge is -2.13. The van der Waals surface area contributed by atoms with Crippen LogP contribution in [0.2, 0.25) is 0 Å². The topological polar surface area (TPSA) is 63.2 Å². The van der Waals surface area contributed by atoms with Crippen LogP contribution in [-0.2, 0) is 11.3 Å². The van der Waals surface area contributed by atoms with Crippen molar-refractivity contribution in [2.45, 2.75) is 45.4 Å². The molecule has 5 heteroatoms. The van der Waals surface area contributed by atoms with Crippen molar-refractivity contribution in [2.24, 2.45) is 0 Å². The van der Waals surface area contributed by atoms with Crippen LogP contribution in [0.5, 0.6) is 5.88 Å². The summed E-state index contributed by atoms with van der Waals surface area (Å²) < 4.78 is 5.61. The van der Waals surface area contributed by atoms with Gasteiger partial charge in [0, 0.05) is 24.3 Å². The van der Waals surface area contributed by atoms with Crippen LogP contribution in [0.4, 0.5) is 0 Å². The molecule has 1 aliphatic rings. The highest BCUT2D eigenvalue weighted by Crippen LogP contribution is 2.18. The summed E-state index contributed by atoms with van der Waals surface area (Å²) in [4.78, 5) is 15.8. The summed E-state index contributed by atoms with van der Waals surface area (Å²) in [5, 5.41) is 6.05. The van der Waals surface area contributed by atoms with Crippen molar-refractivity contribution in [3.05, 3.63) is 23.9 Å². The van der Waals surface area contributed by atoms with Crippen molar-refractivity contribution in [2.75, 3.05) is 6.54 Å². The molecular formula is C14H21N3O2. The number of pyridine rings is 1. The molecule has 1 aromatic rings. The fraction of sp³-hybridized carbons (Fsp3) is 0.571. The van der Waals surface area contributed by atoms with Gasteiger partial charge >= 0.3 is 0 Å². The molecule has 0 radical (unpaired) electrons. The monoisotopic (exact) mass is 263 g/mol. The van der Waals surface area contributed by atoms with Crippen molar-refractivity contribution < 1.29 is 9.53 Å². The highest BCUT2D eigenvalue weighted by Gasteiger charge is 2.21. The molecule has 104 valence electrons. The minimum Gasteiger partial charge on any atom is -0.475 e. The molecule has 1 aromatic heterocycles. The van der Waals surface area contributed by atoms with Crippen molar-refractivity contribution in [1.29, 1.82) is 0 Å². The van der Waals surface area contributed by atoms with Crippen LogP contribution in [0.1, 0.15) is 32.3 Å². The Kier molecular flexibility index (Phi) is 4.74. The van der Waals surface area contributed by atoms with E-state index in [-0.39, 0.29) is 12.0 Å². The van der Waals surface area contributed by atoms with Gasteiger partial charge < -0.3 is 15.4 Å². The maximum absolute atomic E-state index is 11.6. The van der Waals surface area contributed by atoms with E-state index in [9.17, 15) is 4.79 Å². The van der Waals surface area contributed by atoms with Gasteiger partial charge in [0.1, 0.15) is 0 Å². The van der Waals surface area contributed by atoms with Crippen LogP contribution in [0, 0.1) is 0 Å². The van der Waals surface area contributed by atoms with E-state index in [1.165, 1.54) is 12.8 Å². The van der Waals surface area contributed by atoms with Crippen molar-refractivity contribution >= 4 is 5.91 Å². The Balaban J connectivity index is 1.81. The summed E-state index contributed by atoms with van der Waals surface area (Å²) in [6.07, 6.45) is 4.13. The van der Waals surface area contributed by atoms with Gasteiger partial charge in [-0.05, 0) is 32.8 Å². The normalized spacial score (nSPS) is 14.5. The van der Waals surface area contributed by atoms with E-state index in [1.54, 1.807) is 6.20 Å². The number of amides is 1. The first-order chi connectivity index (χ1) is 9.15. The lowest BCUT2D eigenvalue weighted by molar-refractivity contribution is -0.120. The molecule has 19 heavy (non-hydrogen) atoms. The molecule has 1 heterocycles. The van der Waals surface area contributed by atoms with E-state index in [0.29, 0.717) is 25.0 Å². The van der Waals surface area contributed by atoms with Crippen molar-refractivity contribution in [1.82, 2.24) is 15.6 Å². The molecule has 1 saturated carbocycles. The zero-order chi connectivity index (χ0) is 13.7. The Morgan fingerprint density at radius 1 is 1.53 bits per heavy atom. The highest BCUT2D eigenvalue weighted by molar-refractivity contribution is 5.78. The van der Waals surface area contributed by atoms with E-state index in [1.807, 2.05) is 26.0 Å². The Hall–Kier alpha value is -1.62. The summed E-state index contributed by atoms with van der Waals surface area (Å²) in [7, 11) is 0. The molecular weight excluding hydrogens is 242 g/mol. The highest BCUT2D eigenvalue weighted by atomic mass is 16.5. The Labute approximate surface area is 113 Å². The molecule has 0 unspecified atom stereocenters. The largest absolute Gasteiger partial charge is 0.475 e. The number of ether oxygens (including phenoxy) is 1. The second-order valence-electron chi connectivity index (χ2n) is 5.07. The fourth-order valence-electron chi connectivity index (χ4n) is 1.67. The molecule has 0 bridgehead atoms. The van der Waals surface area contributed by atoms with Gasteiger partial charge in [0.05, 0.1) is 12.6 Å². The predicted molar refractivity (Wildman–Crippen MR) is 72.9 cm³/mol. The molecule has 2 N–H and O–H groups in total. The molecule has 0 atom stereocenters. The van der Waals surface area contributed by atoms with Crippen LogP contribution in [-0.4, -0.2) is 29.6 Å². The van der Waals surface area contributed by atoms with Gasteiger partial charge in [-0.25, -0.2) is 4.98 Å². The van der Waals surface area contributed by atoms with Gasteiger partial charge in [-0.1, -0.05) is 6.07 Å². The summed E-state index contributed by atoms with van der Waals surface area (Å²) in [5.74, 6) is 0.596. The lowest BCUT2D eigenvalue weighted by atomic mass is 10.2. The average molecular weight is 263 g/mol. The Morgan fingerprint density at radius 2 is 2.32 bits per heavy atom. The first-order valence-corrected chi connectivity index (χ1v) is 6.76. The third-order valence-electron chi connectivity index (χ3n) is 2.80. The van der Waals surface area contributed by atoms with E-state index in [2.05, 4.69) is 15.6 Å². The molecule has 5 nitrogen and oxygen atoms in total. The maximum Gasteiger partial charge on any atom is 0.234 e. The third-order valence-corrected chi connectivity index (χ3v) is 2.80. The van der Waals surface area contributed by atoms with Crippen LogP contribution in [0.15, 0.2) is 18.3 Å². The average Bonchev–Trinajstić information content (AvgIpc) is 3.18. The van der Waals surface area contributed by atoms with Gasteiger partial charge in [-0.3, -0.25) is 4.79 Å². The van der Waals surface area contributed by atoms with Gasteiger partial charge in [0.2, 0.25) is 11.8 Å². The molecule has 0 spiro atoms. The van der Waals surface area contributed by atoms with Crippen molar-refractivity contribution in [3.8, 4) is 5.88 Å². The first kappa shape index (κ1) is 13.8. The molecule has 1 aliphatic carbocycles. The van der Waals surface area contributed by atoms with Crippen LogP contribution < -0.4 is 15.4 Å². The van der Waals surface area contributed by atoms with Gasteiger partial charge in [0.25, 0.3) is 0 Å². The van der Waals surface area contributed by atoms with Gasteiger partial charge in [0.15, 0.2) is 0 Å². The molecule has 1 amide bonds. The molecule has 0 aliphatic heterocycles. The zero-order valence-corrected chi connectivity index (χ0v) is 11.5. The number of carbonyl (C=O) groups excluding carboxylic acids is 1. The maximum atomic E-state index is 11.6. The Bertz CT molecular complexity index is 430. The minimum absolute atomic E-state index is 0.00579. The van der Waals surface area contributed by atoms with E-state index < -0.39 is 0 Å². The van der Waals surface area contributed by atoms with E-state index >= 15 is 0 Å². The summed E-state index contributed by atoms with van der Waals surface area (Å²) >= 11 is 0. The van der Waals surface area contributed by atoms with Crippen LogP contribution in [0.3, 0.4) is 0 Å². The number of aromatic nitrogens is 1. The molecule has 2 rings (SSSR count).